The molecule has 0 radical (unpaired) electrons. The molecule has 0 unspecified atom stereocenters. The van der Waals surface area contributed by atoms with E-state index in [0.29, 0.717) is 12.0 Å². The molecule has 0 aliphatic carbocycles. The molecular formula is C25H40N2O3. The standard InChI is InChI=1S/C25H40N2O3/c1-24(2,3)14-9-7-8-10-16-29-20-11-12-22-21(17-20)19(18-27-22)13-15-26-23(28)30-25(4,5)6/h11-12,17-18,27H,7-10,13-16H2,1-6H3,(H,26,28). The van der Waals surface area contributed by atoms with E-state index in [1.165, 1.54) is 25.7 Å². The van der Waals surface area contributed by atoms with Crippen molar-refractivity contribution in [2.24, 2.45) is 5.41 Å². The van der Waals surface area contributed by atoms with Gasteiger partial charge in [-0.1, -0.05) is 40.0 Å². The van der Waals surface area contributed by atoms with Gasteiger partial charge < -0.3 is 19.8 Å². The fourth-order valence-corrected chi connectivity index (χ4v) is 3.37. The molecule has 0 bridgehead atoms. The molecule has 2 aromatic rings. The lowest BCUT2D eigenvalue weighted by atomic mass is 9.89. The van der Waals surface area contributed by atoms with E-state index in [9.17, 15) is 4.79 Å². The minimum atomic E-state index is -0.482. The molecule has 0 spiro atoms. The van der Waals surface area contributed by atoms with Crippen LogP contribution in [0, 0.1) is 5.41 Å². The quantitative estimate of drug-likeness (QED) is 0.428. The van der Waals surface area contributed by atoms with Crippen LogP contribution < -0.4 is 10.1 Å². The number of aromatic nitrogens is 1. The number of unbranched alkanes of at least 4 members (excludes halogenated alkanes) is 3. The summed E-state index contributed by atoms with van der Waals surface area (Å²) in [6, 6.07) is 6.16. The zero-order chi connectivity index (χ0) is 22.2. The van der Waals surface area contributed by atoms with Crippen LogP contribution in [0.1, 0.15) is 79.2 Å². The summed E-state index contributed by atoms with van der Waals surface area (Å²) in [5.41, 5.74) is 2.19. The molecule has 0 saturated carbocycles. The van der Waals surface area contributed by atoms with Gasteiger partial charge in [0.25, 0.3) is 0 Å². The predicted octanol–water partition coefficient (Wildman–Crippen LogP) is 6.61. The highest BCUT2D eigenvalue weighted by Crippen LogP contribution is 2.25. The summed E-state index contributed by atoms with van der Waals surface area (Å²) in [5, 5.41) is 3.96. The highest BCUT2D eigenvalue weighted by molar-refractivity contribution is 5.84. The SMILES string of the molecule is CC(C)(C)CCCCCCOc1ccc2[nH]cc(CCNC(=O)OC(C)(C)C)c2c1. The summed E-state index contributed by atoms with van der Waals surface area (Å²) >= 11 is 0. The van der Waals surface area contributed by atoms with Crippen molar-refractivity contribution in [3.63, 3.8) is 0 Å². The Morgan fingerprint density at radius 2 is 1.77 bits per heavy atom. The van der Waals surface area contributed by atoms with Crippen LogP contribution in [0.2, 0.25) is 0 Å². The topological polar surface area (TPSA) is 63.3 Å². The number of carbonyl (C=O) groups excluding carboxylic acids is 1. The van der Waals surface area contributed by atoms with Crippen molar-refractivity contribution in [1.29, 1.82) is 0 Å². The molecule has 2 N–H and O–H groups in total. The van der Waals surface area contributed by atoms with Crippen molar-refractivity contribution in [2.75, 3.05) is 13.2 Å². The smallest absolute Gasteiger partial charge is 0.407 e. The summed E-state index contributed by atoms with van der Waals surface area (Å²) in [7, 11) is 0. The Labute approximate surface area is 181 Å². The van der Waals surface area contributed by atoms with E-state index in [1.54, 1.807) is 0 Å². The Bertz CT molecular complexity index is 797. The Balaban J connectivity index is 1.76. The number of ether oxygens (including phenoxy) is 2. The second-order valence-electron chi connectivity index (χ2n) is 10.3. The monoisotopic (exact) mass is 416 g/mol. The van der Waals surface area contributed by atoms with Crippen molar-refractivity contribution in [3.8, 4) is 5.75 Å². The third-order valence-electron chi connectivity index (χ3n) is 4.89. The minimum absolute atomic E-state index is 0.381. The van der Waals surface area contributed by atoms with E-state index in [1.807, 2.05) is 33.0 Å². The van der Waals surface area contributed by atoms with Crippen LogP contribution >= 0.6 is 0 Å². The number of amides is 1. The number of carbonyl (C=O) groups is 1. The van der Waals surface area contributed by atoms with Gasteiger partial charge in [-0.15, -0.1) is 0 Å². The van der Waals surface area contributed by atoms with Crippen molar-refractivity contribution in [3.05, 3.63) is 30.0 Å². The normalized spacial score (nSPS) is 12.2. The van der Waals surface area contributed by atoms with Gasteiger partial charge in [0.05, 0.1) is 6.61 Å². The summed E-state index contributed by atoms with van der Waals surface area (Å²) in [5.74, 6) is 0.901. The van der Waals surface area contributed by atoms with Crippen molar-refractivity contribution >= 4 is 17.0 Å². The molecule has 5 heteroatoms. The van der Waals surface area contributed by atoms with E-state index in [-0.39, 0.29) is 6.09 Å². The summed E-state index contributed by atoms with van der Waals surface area (Å²) in [6.07, 6.45) is 8.49. The zero-order valence-corrected chi connectivity index (χ0v) is 19.7. The number of fused-ring (bicyclic) bond motifs is 1. The maximum Gasteiger partial charge on any atom is 0.407 e. The lowest BCUT2D eigenvalue weighted by Crippen LogP contribution is -2.33. The molecule has 1 aromatic heterocycles. The molecular weight excluding hydrogens is 376 g/mol. The first-order chi connectivity index (χ1) is 14.0. The summed E-state index contributed by atoms with van der Waals surface area (Å²) in [4.78, 5) is 15.1. The summed E-state index contributed by atoms with van der Waals surface area (Å²) < 4.78 is 11.3. The molecule has 0 saturated heterocycles. The number of hydrogen-bond acceptors (Lipinski definition) is 3. The molecule has 1 amide bonds. The Kier molecular flexibility index (Phi) is 8.63. The van der Waals surface area contributed by atoms with Gasteiger partial charge in [-0.3, -0.25) is 0 Å². The van der Waals surface area contributed by atoms with E-state index in [0.717, 1.165) is 41.7 Å². The Hall–Kier alpha value is -2.17. The van der Waals surface area contributed by atoms with Crippen LogP contribution in [-0.4, -0.2) is 29.8 Å². The largest absolute Gasteiger partial charge is 0.494 e. The molecule has 1 heterocycles. The maximum absolute atomic E-state index is 11.8. The second-order valence-corrected chi connectivity index (χ2v) is 10.3. The van der Waals surface area contributed by atoms with E-state index >= 15 is 0 Å². The molecule has 5 nitrogen and oxygen atoms in total. The fraction of sp³-hybridized carbons (Fsp3) is 0.640. The Morgan fingerprint density at radius 1 is 1.03 bits per heavy atom. The number of benzene rings is 1. The zero-order valence-electron chi connectivity index (χ0n) is 19.7. The Morgan fingerprint density at radius 3 is 2.47 bits per heavy atom. The lowest BCUT2D eigenvalue weighted by Gasteiger charge is -2.19. The fourth-order valence-electron chi connectivity index (χ4n) is 3.37. The highest BCUT2D eigenvalue weighted by Gasteiger charge is 2.15. The van der Waals surface area contributed by atoms with Gasteiger partial charge in [-0.2, -0.15) is 0 Å². The van der Waals surface area contributed by atoms with Crippen LogP contribution in [0.25, 0.3) is 10.9 Å². The lowest BCUT2D eigenvalue weighted by molar-refractivity contribution is 0.0528. The van der Waals surface area contributed by atoms with Gasteiger partial charge in [0, 0.05) is 23.6 Å². The third kappa shape index (κ3) is 9.10. The molecule has 0 aliphatic heterocycles. The maximum atomic E-state index is 11.8. The van der Waals surface area contributed by atoms with Crippen molar-refractivity contribution < 1.29 is 14.3 Å². The molecule has 0 fully saturated rings. The average Bonchev–Trinajstić information content (AvgIpc) is 3.01. The van der Waals surface area contributed by atoms with Gasteiger partial charge in [-0.25, -0.2) is 4.79 Å². The van der Waals surface area contributed by atoms with Crippen LogP contribution in [0.5, 0.6) is 5.75 Å². The van der Waals surface area contributed by atoms with Crippen LogP contribution in [0.15, 0.2) is 24.4 Å². The van der Waals surface area contributed by atoms with Gasteiger partial charge in [0.15, 0.2) is 0 Å². The van der Waals surface area contributed by atoms with Gasteiger partial charge >= 0.3 is 6.09 Å². The minimum Gasteiger partial charge on any atom is -0.494 e. The van der Waals surface area contributed by atoms with Gasteiger partial charge in [0.2, 0.25) is 0 Å². The van der Waals surface area contributed by atoms with Gasteiger partial charge in [-0.05, 0) is 69.2 Å². The van der Waals surface area contributed by atoms with Crippen molar-refractivity contribution in [2.45, 2.75) is 85.7 Å². The molecule has 1 aromatic carbocycles. The molecule has 30 heavy (non-hydrogen) atoms. The van der Waals surface area contributed by atoms with Crippen LogP contribution in [0.3, 0.4) is 0 Å². The molecule has 2 rings (SSSR count). The second kappa shape index (κ2) is 10.7. The van der Waals surface area contributed by atoms with E-state index in [4.69, 9.17) is 9.47 Å². The first kappa shape index (κ1) is 24.1. The molecule has 168 valence electrons. The predicted molar refractivity (Wildman–Crippen MR) is 124 cm³/mol. The van der Waals surface area contributed by atoms with Crippen LogP contribution in [0.4, 0.5) is 4.79 Å². The first-order valence-electron chi connectivity index (χ1n) is 11.2. The third-order valence-corrected chi connectivity index (χ3v) is 4.89. The number of rotatable bonds is 10. The number of nitrogens with one attached hydrogen (secondary N) is 2. The van der Waals surface area contributed by atoms with E-state index in [2.05, 4.69) is 43.2 Å². The molecule has 0 aliphatic rings. The number of aromatic amines is 1. The highest BCUT2D eigenvalue weighted by atomic mass is 16.6. The summed E-state index contributed by atoms with van der Waals surface area (Å²) in [6.45, 7) is 13.8. The van der Waals surface area contributed by atoms with Crippen LogP contribution in [-0.2, 0) is 11.2 Å². The number of alkyl carbamates (subject to hydrolysis) is 1. The van der Waals surface area contributed by atoms with Crippen molar-refractivity contribution in [1.82, 2.24) is 10.3 Å². The molecule has 0 atom stereocenters. The first-order valence-corrected chi connectivity index (χ1v) is 11.2. The number of H-pyrrole nitrogens is 1. The van der Waals surface area contributed by atoms with E-state index < -0.39 is 5.60 Å². The number of hydrogen-bond donors (Lipinski definition) is 2. The van der Waals surface area contributed by atoms with Gasteiger partial charge in [0.1, 0.15) is 11.4 Å². The average molecular weight is 417 g/mol.